The molecular formula is C16H20N4O3S2. The summed E-state index contributed by atoms with van der Waals surface area (Å²) in [6.45, 7) is 4.45. The van der Waals surface area contributed by atoms with E-state index in [9.17, 15) is 13.2 Å². The molecule has 1 fully saturated rings. The zero-order chi connectivity index (χ0) is 17.9. The fraction of sp³-hybridized carbons (Fsp3) is 0.375. The van der Waals surface area contributed by atoms with Crippen molar-refractivity contribution >= 4 is 32.4 Å². The molecule has 9 heteroatoms. The summed E-state index contributed by atoms with van der Waals surface area (Å²) in [5, 5.41) is 2.81. The zero-order valence-corrected chi connectivity index (χ0v) is 15.5. The molecule has 0 spiro atoms. The molecule has 1 N–H and O–H groups in total. The maximum atomic E-state index is 12.7. The van der Waals surface area contributed by atoms with Crippen LogP contribution in [0.3, 0.4) is 0 Å². The van der Waals surface area contributed by atoms with Gasteiger partial charge in [-0.05, 0) is 5.56 Å². The Hall–Kier alpha value is -1.81. The van der Waals surface area contributed by atoms with Crippen molar-refractivity contribution in [2.45, 2.75) is 17.7 Å². The summed E-state index contributed by atoms with van der Waals surface area (Å²) in [4.78, 5) is 17.3. The second-order valence-corrected chi connectivity index (χ2v) is 9.03. The van der Waals surface area contributed by atoms with Crippen molar-refractivity contribution < 1.29 is 13.2 Å². The molecule has 1 aromatic carbocycles. The van der Waals surface area contributed by atoms with E-state index in [0.29, 0.717) is 31.3 Å². The average Bonchev–Trinajstić information content (AvgIpc) is 3.05. The van der Waals surface area contributed by atoms with Gasteiger partial charge in [-0.15, -0.1) is 0 Å². The number of thiazole rings is 1. The first-order chi connectivity index (χ1) is 11.9. The monoisotopic (exact) mass is 380 g/mol. The molecule has 2 aromatic rings. The fourth-order valence-electron chi connectivity index (χ4n) is 2.68. The normalized spacial score (nSPS) is 16.7. The van der Waals surface area contributed by atoms with E-state index in [1.165, 1.54) is 23.0 Å². The summed E-state index contributed by atoms with van der Waals surface area (Å²) in [6, 6.07) is 10.1. The molecule has 0 atom stereocenters. The highest BCUT2D eigenvalue weighted by Crippen LogP contribution is 2.26. The molecule has 0 aliphatic carbocycles. The molecule has 7 nitrogen and oxygen atoms in total. The van der Waals surface area contributed by atoms with Gasteiger partial charge in [0.2, 0.25) is 5.91 Å². The third-order valence-corrected chi connectivity index (χ3v) is 7.19. The van der Waals surface area contributed by atoms with Gasteiger partial charge in [-0.25, -0.2) is 13.4 Å². The van der Waals surface area contributed by atoms with Gasteiger partial charge in [0.15, 0.2) is 9.34 Å². The van der Waals surface area contributed by atoms with Gasteiger partial charge in [-0.2, -0.15) is 4.31 Å². The highest BCUT2D eigenvalue weighted by Gasteiger charge is 2.30. The van der Waals surface area contributed by atoms with Crippen LogP contribution in [0.1, 0.15) is 12.5 Å². The summed E-state index contributed by atoms with van der Waals surface area (Å²) in [6.07, 6.45) is 1.31. The van der Waals surface area contributed by atoms with E-state index >= 15 is 0 Å². The number of hydrogen-bond acceptors (Lipinski definition) is 6. The molecule has 1 aliphatic rings. The summed E-state index contributed by atoms with van der Waals surface area (Å²) in [5.74, 6) is -0.271. The lowest BCUT2D eigenvalue weighted by Gasteiger charge is -2.33. The summed E-state index contributed by atoms with van der Waals surface area (Å²) in [5.41, 5.74) is 1.22. The molecule has 3 rings (SSSR count). The number of rotatable bonds is 5. The molecule has 1 aromatic heterocycles. The molecule has 1 amide bonds. The number of benzene rings is 1. The van der Waals surface area contributed by atoms with E-state index in [0.717, 1.165) is 17.9 Å². The van der Waals surface area contributed by atoms with Gasteiger partial charge < -0.3 is 5.32 Å². The lowest BCUT2D eigenvalue weighted by atomic mass is 10.2. The molecule has 1 saturated heterocycles. The minimum absolute atomic E-state index is 0.160. The molecule has 2 heterocycles. The minimum Gasteiger partial charge on any atom is -0.302 e. The number of carbonyl (C=O) groups is 1. The van der Waals surface area contributed by atoms with E-state index in [2.05, 4.69) is 27.3 Å². The van der Waals surface area contributed by atoms with Gasteiger partial charge in [-0.1, -0.05) is 41.7 Å². The van der Waals surface area contributed by atoms with Gasteiger partial charge in [0, 0.05) is 39.6 Å². The maximum Gasteiger partial charge on any atom is 0.254 e. The van der Waals surface area contributed by atoms with E-state index in [-0.39, 0.29) is 10.1 Å². The SMILES string of the molecule is CC(=O)Nc1ncc(S(=O)(=O)N2CCN(Cc3ccccc3)CC2)s1. The van der Waals surface area contributed by atoms with Crippen LogP contribution in [-0.2, 0) is 21.4 Å². The van der Waals surface area contributed by atoms with Crippen LogP contribution in [-0.4, -0.2) is 54.7 Å². The Kier molecular flexibility index (Phi) is 5.48. The predicted octanol–water partition coefficient (Wildman–Crippen LogP) is 1.61. The number of carbonyl (C=O) groups excluding carboxylic acids is 1. The molecule has 0 bridgehead atoms. The average molecular weight is 380 g/mol. The molecular weight excluding hydrogens is 360 g/mol. The molecule has 134 valence electrons. The van der Waals surface area contributed by atoms with Crippen molar-refractivity contribution in [3.05, 3.63) is 42.1 Å². The van der Waals surface area contributed by atoms with Crippen LogP contribution in [0.2, 0.25) is 0 Å². The number of piperazine rings is 1. The highest BCUT2D eigenvalue weighted by atomic mass is 32.2. The Morgan fingerprint density at radius 2 is 1.88 bits per heavy atom. The predicted molar refractivity (Wildman–Crippen MR) is 96.9 cm³/mol. The van der Waals surface area contributed by atoms with Crippen LogP contribution in [0, 0.1) is 0 Å². The van der Waals surface area contributed by atoms with Crippen molar-refractivity contribution in [2.75, 3.05) is 31.5 Å². The standard InChI is InChI=1S/C16H20N4O3S2/c1-13(21)18-16-17-11-15(24-16)25(22,23)20-9-7-19(8-10-20)12-14-5-3-2-4-6-14/h2-6,11H,7-10,12H2,1H3,(H,17,18,21). The number of sulfonamides is 1. The molecule has 0 radical (unpaired) electrons. The second-order valence-electron chi connectivity index (χ2n) is 5.83. The smallest absolute Gasteiger partial charge is 0.254 e. The second kappa shape index (κ2) is 7.61. The topological polar surface area (TPSA) is 82.6 Å². The van der Waals surface area contributed by atoms with Crippen molar-refractivity contribution in [1.82, 2.24) is 14.2 Å². The Labute approximate surface area is 151 Å². The van der Waals surface area contributed by atoms with Crippen molar-refractivity contribution in [3.63, 3.8) is 0 Å². The Bertz CT molecular complexity index is 828. The van der Waals surface area contributed by atoms with Crippen molar-refractivity contribution in [3.8, 4) is 0 Å². The van der Waals surface area contributed by atoms with E-state index < -0.39 is 10.0 Å². The third-order valence-electron chi connectivity index (χ3n) is 3.94. The molecule has 0 saturated carbocycles. The molecule has 0 unspecified atom stereocenters. The van der Waals surface area contributed by atoms with Crippen molar-refractivity contribution in [1.29, 1.82) is 0 Å². The zero-order valence-electron chi connectivity index (χ0n) is 13.9. The highest BCUT2D eigenvalue weighted by molar-refractivity contribution is 7.91. The Morgan fingerprint density at radius 1 is 1.20 bits per heavy atom. The van der Waals surface area contributed by atoms with Gasteiger partial charge in [0.25, 0.3) is 10.0 Å². The third kappa shape index (κ3) is 4.43. The van der Waals surface area contributed by atoms with Gasteiger partial charge in [-0.3, -0.25) is 9.69 Å². The summed E-state index contributed by atoms with van der Waals surface area (Å²) in [7, 11) is -3.56. The number of hydrogen-bond donors (Lipinski definition) is 1. The number of amides is 1. The van der Waals surface area contributed by atoms with Crippen LogP contribution in [0.4, 0.5) is 5.13 Å². The first-order valence-corrected chi connectivity index (χ1v) is 10.2. The number of aromatic nitrogens is 1. The van der Waals surface area contributed by atoms with Gasteiger partial charge in [0.1, 0.15) is 0 Å². The lowest BCUT2D eigenvalue weighted by molar-refractivity contribution is -0.114. The fourth-order valence-corrected chi connectivity index (χ4v) is 5.34. The van der Waals surface area contributed by atoms with Gasteiger partial charge in [0.05, 0.1) is 6.20 Å². The number of nitrogens with zero attached hydrogens (tertiary/aromatic N) is 3. The van der Waals surface area contributed by atoms with E-state index in [1.807, 2.05) is 18.2 Å². The number of anilines is 1. The van der Waals surface area contributed by atoms with E-state index in [4.69, 9.17) is 0 Å². The maximum absolute atomic E-state index is 12.7. The Morgan fingerprint density at radius 3 is 2.52 bits per heavy atom. The number of nitrogens with one attached hydrogen (secondary N) is 1. The first-order valence-electron chi connectivity index (χ1n) is 7.95. The molecule has 25 heavy (non-hydrogen) atoms. The summed E-state index contributed by atoms with van der Waals surface area (Å²) >= 11 is 0.979. The quantitative estimate of drug-likeness (QED) is 0.852. The Balaban J connectivity index is 1.61. The van der Waals surface area contributed by atoms with Crippen LogP contribution in [0.5, 0.6) is 0 Å². The lowest BCUT2D eigenvalue weighted by Crippen LogP contribution is -2.48. The van der Waals surface area contributed by atoms with Crippen LogP contribution in [0.25, 0.3) is 0 Å². The first kappa shape index (κ1) is 18.0. The summed E-state index contributed by atoms with van der Waals surface area (Å²) < 4.78 is 27.1. The van der Waals surface area contributed by atoms with Crippen LogP contribution in [0.15, 0.2) is 40.7 Å². The minimum atomic E-state index is -3.56. The van der Waals surface area contributed by atoms with E-state index in [1.54, 1.807) is 0 Å². The van der Waals surface area contributed by atoms with Gasteiger partial charge >= 0.3 is 0 Å². The van der Waals surface area contributed by atoms with Crippen LogP contribution >= 0.6 is 11.3 Å². The largest absolute Gasteiger partial charge is 0.302 e. The molecule has 1 aliphatic heterocycles. The van der Waals surface area contributed by atoms with Crippen molar-refractivity contribution in [2.24, 2.45) is 0 Å². The van der Waals surface area contributed by atoms with Crippen LogP contribution < -0.4 is 5.32 Å².